The van der Waals surface area contributed by atoms with Crippen molar-refractivity contribution in [3.05, 3.63) is 58.8 Å². The number of hydrogen-bond acceptors (Lipinski definition) is 4. The fourth-order valence-electron chi connectivity index (χ4n) is 2.04. The highest BCUT2D eigenvalue weighted by Crippen LogP contribution is 2.16. The van der Waals surface area contributed by atoms with Crippen LogP contribution in [0.4, 0.5) is 0 Å². The molecule has 1 aromatic heterocycles. The van der Waals surface area contributed by atoms with Crippen LogP contribution in [0, 0.1) is 0 Å². The van der Waals surface area contributed by atoms with Gasteiger partial charge in [0.15, 0.2) is 19.0 Å². The first-order valence-corrected chi connectivity index (χ1v) is 8.86. The number of benzene rings is 1. The zero-order valence-electron chi connectivity index (χ0n) is 15.0. The Morgan fingerprint density at radius 3 is 2.35 bits per heavy atom. The summed E-state index contributed by atoms with van der Waals surface area (Å²) >= 11 is 3.33. The van der Waals surface area contributed by atoms with Gasteiger partial charge in [-0.25, -0.2) is 9.36 Å². The molecule has 7 heteroatoms. The van der Waals surface area contributed by atoms with E-state index in [1.807, 2.05) is 23.7 Å². The van der Waals surface area contributed by atoms with Crippen LogP contribution in [0.3, 0.4) is 0 Å². The Balaban J connectivity index is 1.78. The van der Waals surface area contributed by atoms with Gasteiger partial charge in [-0.3, -0.25) is 4.79 Å². The maximum Gasteiger partial charge on any atom is 0.344 e. The molecule has 1 heterocycles. The highest BCUT2D eigenvalue weighted by molar-refractivity contribution is 9.10. The van der Waals surface area contributed by atoms with Gasteiger partial charge in [-0.05, 0) is 38.1 Å². The molecule has 0 aliphatic rings. The van der Waals surface area contributed by atoms with Crippen molar-refractivity contribution in [1.82, 2.24) is 5.32 Å². The summed E-state index contributed by atoms with van der Waals surface area (Å²) in [6, 6.07) is 10.6. The number of nitrogens with one attached hydrogen (secondary N) is 1. The summed E-state index contributed by atoms with van der Waals surface area (Å²) in [7, 11) is 1.88. The molecule has 0 spiro atoms. The van der Waals surface area contributed by atoms with E-state index in [0.29, 0.717) is 11.3 Å². The molecule has 26 heavy (non-hydrogen) atoms. The second-order valence-corrected chi connectivity index (χ2v) is 7.41. The molecule has 2 rings (SSSR count). The number of nitrogens with zero attached hydrogens (tertiary/aromatic N) is 1. The normalized spacial score (nSPS) is 10.9. The van der Waals surface area contributed by atoms with E-state index in [1.165, 1.54) is 0 Å². The van der Waals surface area contributed by atoms with Crippen LogP contribution in [0.1, 0.15) is 24.2 Å². The maximum absolute atomic E-state index is 12.3. The molecule has 0 radical (unpaired) electrons. The van der Waals surface area contributed by atoms with Crippen molar-refractivity contribution in [2.24, 2.45) is 7.05 Å². The summed E-state index contributed by atoms with van der Waals surface area (Å²) in [5.41, 5.74) is -0.163. The number of halogens is 1. The fraction of sp³-hybridized carbons (Fsp3) is 0.316. The van der Waals surface area contributed by atoms with Crippen molar-refractivity contribution < 1.29 is 23.6 Å². The Labute approximate surface area is 161 Å². The lowest BCUT2D eigenvalue weighted by Crippen LogP contribution is -2.47. The number of carbonyl (C=O) groups excluding carboxylic acids is 2. The van der Waals surface area contributed by atoms with Crippen LogP contribution >= 0.6 is 15.9 Å². The van der Waals surface area contributed by atoms with Gasteiger partial charge in [-0.15, -0.1) is 0 Å². The molecule has 6 nitrogen and oxygen atoms in total. The van der Waals surface area contributed by atoms with Gasteiger partial charge < -0.3 is 14.8 Å². The first-order chi connectivity index (χ1) is 12.2. The van der Waals surface area contributed by atoms with Crippen molar-refractivity contribution in [3.63, 3.8) is 0 Å². The average Bonchev–Trinajstić information content (AvgIpc) is 2.60. The summed E-state index contributed by atoms with van der Waals surface area (Å²) in [6.07, 6.45) is 3.59. The summed E-state index contributed by atoms with van der Waals surface area (Å²) in [4.78, 5) is 24.1. The van der Waals surface area contributed by atoms with Gasteiger partial charge in [0, 0.05) is 16.6 Å². The number of pyridine rings is 1. The molecule has 2 aromatic rings. The van der Waals surface area contributed by atoms with Gasteiger partial charge in [0.25, 0.3) is 5.91 Å². The van der Waals surface area contributed by atoms with Crippen LogP contribution in [0.25, 0.3) is 0 Å². The van der Waals surface area contributed by atoms with Crippen molar-refractivity contribution in [2.45, 2.75) is 19.4 Å². The van der Waals surface area contributed by atoms with Gasteiger partial charge >= 0.3 is 5.97 Å². The van der Waals surface area contributed by atoms with Crippen molar-refractivity contribution in [1.29, 1.82) is 0 Å². The Kier molecular flexibility index (Phi) is 6.74. The van der Waals surface area contributed by atoms with Gasteiger partial charge in [-0.2, -0.15) is 0 Å². The van der Waals surface area contributed by atoms with Crippen LogP contribution < -0.4 is 14.6 Å². The molecular weight excluding hydrogens is 400 g/mol. The third kappa shape index (κ3) is 6.48. The standard InChI is InChI=1S/C19H21BrN2O4/c1-19(2,21-18(24)14-8-10-22(3)11-9-14)13-26-17(23)12-25-16-6-4-15(20)5-7-16/h4-11H,12-13H2,1-3H3/p+1. The number of aromatic nitrogens is 1. The summed E-state index contributed by atoms with van der Waals surface area (Å²) < 4.78 is 13.4. The lowest BCUT2D eigenvalue weighted by Gasteiger charge is -2.25. The van der Waals surface area contributed by atoms with Crippen molar-refractivity contribution >= 4 is 27.8 Å². The van der Waals surface area contributed by atoms with E-state index in [-0.39, 0.29) is 19.1 Å². The second-order valence-electron chi connectivity index (χ2n) is 6.49. The smallest absolute Gasteiger partial charge is 0.344 e. The van der Waals surface area contributed by atoms with E-state index in [1.54, 1.807) is 50.5 Å². The highest BCUT2D eigenvalue weighted by atomic mass is 79.9. The summed E-state index contributed by atoms with van der Waals surface area (Å²) in [5, 5.41) is 2.86. The lowest BCUT2D eigenvalue weighted by molar-refractivity contribution is -0.671. The number of hydrogen-bond donors (Lipinski definition) is 1. The molecule has 1 amide bonds. The van der Waals surface area contributed by atoms with Gasteiger partial charge in [-0.1, -0.05) is 15.9 Å². The van der Waals surface area contributed by atoms with Crippen molar-refractivity contribution in [2.75, 3.05) is 13.2 Å². The topological polar surface area (TPSA) is 68.5 Å². The number of aryl methyl sites for hydroxylation is 1. The number of amides is 1. The predicted octanol–water partition coefficient (Wildman–Crippen LogP) is 2.40. The van der Waals surface area contributed by atoms with E-state index in [4.69, 9.17) is 9.47 Å². The van der Waals surface area contributed by atoms with Crippen LogP contribution in [-0.4, -0.2) is 30.6 Å². The van der Waals surface area contributed by atoms with Crippen LogP contribution in [0.2, 0.25) is 0 Å². The van der Waals surface area contributed by atoms with Crippen LogP contribution in [0.5, 0.6) is 5.75 Å². The van der Waals surface area contributed by atoms with E-state index in [2.05, 4.69) is 21.2 Å². The minimum atomic E-state index is -0.706. The molecule has 0 atom stereocenters. The Morgan fingerprint density at radius 1 is 1.12 bits per heavy atom. The molecule has 0 aliphatic heterocycles. The Morgan fingerprint density at radius 2 is 1.73 bits per heavy atom. The first-order valence-electron chi connectivity index (χ1n) is 8.07. The fourth-order valence-corrected chi connectivity index (χ4v) is 2.31. The highest BCUT2D eigenvalue weighted by Gasteiger charge is 2.23. The monoisotopic (exact) mass is 421 g/mol. The first kappa shape index (κ1) is 19.9. The third-order valence-corrected chi connectivity index (χ3v) is 3.99. The van der Waals surface area contributed by atoms with E-state index < -0.39 is 11.5 Å². The third-order valence-electron chi connectivity index (χ3n) is 3.46. The molecule has 0 aliphatic carbocycles. The quantitative estimate of drug-likeness (QED) is 0.550. The Hall–Kier alpha value is -2.41. The number of carbonyl (C=O) groups is 2. The zero-order chi connectivity index (χ0) is 19.2. The van der Waals surface area contributed by atoms with E-state index >= 15 is 0 Å². The molecule has 138 valence electrons. The lowest BCUT2D eigenvalue weighted by atomic mass is 10.1. The number of esters is 1. The van der Waals surface area contributed by atoms with E-state index in [9.17, 15) is 9.59 Å². The van der Waals surface area contributed by atoms with Crippen molar-refractivity contribution in [3.8, 4) is 5.75 Å². The van der Waals surface area contributed by atoms with E-state index in [0.717, 1.165) is 4.47 Å². The van der Waals surface area contributed by atoms with Gasteiger partial charge in [0.2, 0.25) is 0 Å². The molecule has 0 bridgehead atoms. The largest absolute Gasteiger partial charge is 0.482 e. The molecular formula is C19H22BrN2O4+. The molecule has 1 N–H and O–H groups in total. The predicted molar refractivity (Wildman–Crippen MR) is 99.8 cm³/mol. The second kappa shape index (κ2) is 8.80. The van der Waals surface area contributed by atoms with Gasteiger partial charge in [0.05, 0.1) is 11.1 Å². The minimum absolute atomic E-state index is 0.0435. The van der Waals surface area contributed by atoms with Crippen LogP contribution in [-0.2, 0) is 16.6 Å². The zero-order valence-corrected chi connectivity index (χ0v) is 16.6. The number of rotatable bonds is 7. The summed E-state index contributed by atoms with van der Waals surface area (Å²) in [6.45, 7) is 3.43. The molecule has 0 saturated heterocycles. The maximum atomic E-state index is 12.3. The van der Waals surface area contributed by atoms with Crippen LogP contribution in [0.15, 0.2) is 53.3 Å². The SMILES string of the molecule is C[n+]1ccc(C(=O)NC(C)(C)COC(=O)COc2ccc(Br)cc2)cc1. The molecule has 1 aromatic carbocycles. The van der Waals surface area contributed by atoms with Gasteiger partial charge in [0.1, 0.15) is 19.4 Å². The summed E-state index contributed by atoms with van der Waals surface area (Å²) in [5.74, 6) is -0.144. The Bertz CT molecular complexity index is 758. The molecule has 0 unspecified atom stereocenters. The molecule has 0 saturated carbocycles. The molecule has 0 fully saturated rings. The average molecular weight is 422 g/mol. The number of ether oxygens (including phenoxy) is 2. The minimum Gasteiger partial charge on any atom is -0.482 e.